The Morgan fingerprint density at radius 1 is 1.10 bits per heavy atom. The van der Waals surface area contributed by atoms with E-state index >= 15 is 0 Å². The predicted molar refractivity (Wildman–Crippen MR) is 92.6 cm³/mol. The zero-order valence-corrected chi connectivity index (χ0v) is 15.0. The highest BCUT2D eigenvalue weighted by Crippen LogP contribution is 2.32. The normalized spacial score (nSPS) is 12.3. The van der Waals surface area contributed by atoms with Crippen LogP contribution in [0.25, 0.3) is 0 Å². The summed E-state index contributed by atoms with van der Waals surface area (Å²) in [5.74, 6) is 1.56. The van der Waals surface area contributed by atoms with Gasteiger partial charge in [-0.1, -0.05) is 33.6 Å². The van der Waals surface area contributed by atoms with Crippen molar-refractivity contribution < 1.29 is 4.74 Å². The second kappa shape index (κ2) is 6.82. The number of hydrogen-bond acceptors (Lipinski definition) is 2. The van der Waals surface area contributed by atoms with E-state index in [1.807, 2.05) is 37.4 Å². The Morgan fingerprint density at radius 2 is 1.71 bits per heavy atom. The number of rotatable bonds is 4. The predicted octanol–water partition coefficient (Wildman–Crippen LogP) is 5.79. The van der Waals surface area contributed by atoms with E-state index in [1.165, 1.54) is 0 Å². The maximum atomic E-state index is 6.33. The molecule has 2 aromatic carbocycles. The van der Waals surface area contributed by atoms with Gasteiger partial charge in [-0.15, -0.1) is 0 Å². The van der Waals surface area contributed by atoms with Crippen LogP contribution in [0, 0.1) is 13.8 Å². The largest absolute Gasteiger partial charge is 0.457 e. The molecule has 0 amide bonds. The van der Waals surface area contributed by atoms with E-state index in [2.05, 4.69) is 42.0 Å². The van der Waals surface area contributed by atoms with Gasteiger partial charge in [-0.3, -0.25) is 0 Å². The van der Waals surface area contributed by atoms with Crippen LogP contribution >= 0.6 is 27.5 Å². The van der Waals surface area contributed by atoms with Crippen LogP contribution in [0.3, 0.4) is 0 Å². The third-order valence-corrected chi connectivity index (χ3v) is 5.10. The van der Waals surface area contributed by atoms with E-state index in [1.54, 1.807) is 0 Å². The molecule has 2 rings (SSSR count). The molecule has 4 heteroatoms. The van der Waals surface area contributed by atoms with E-state index in [4.69, 9.17) is 16.3 Å². The van der Waals surface area contributed by atoms with Gasteiger partial charge in [-0.05, 0) is 68.8 Å². The molecule has 21 heavy (non-hydrogen) atoms. The maximum Gasteiger partial charge on any atom is 0.128 e. The van der Waals surface area contributed by atoms with Crippen molar-refractivity contribution in [1.29, 1.82) is 0 Å². The Morgan fingerprint density at radius 3 is 2.24 bits per heavy atom. The molecule has 0 saturated heterocycles. The average Bonchev–Trinajstić information content (AvgIpc) is 2.44. The topological polar surface area (TPSA) is 21.3 Å². The molecule has 0 aromatic heterocycles. The number of aryl methyl sites for hydroxylation is 2. The highest BCUT2D eigenvalue weighted by molar-refractivity contribution is 9.10. The summed E-state index contributed by atoms with van der Waals surface area (Å²) in [5.41, 5.74) is 3.36. The van der Waals surface area contributed by atoms with Gasteiger partial charge in [0, 0.05) is 15.5 Å². The lowest BCUT2D eigenvalue weighted by Gasteiger charge is -2.14. The monoisotopic (exact) mass is 367 g/mol. The number of benzene rings is 2. The molecule has 0 aliphatic rings. The van der Waals surface area contributed by atoms with Crippen LogP contribution < -0.4 is 10.1 Å². The lowest BCUT2D eigenvalue weighted by Crippen LogP contribution is -2.12. The minimum absolute atomic E-state index is 0.212. The Hall–Kier alpha value is -1.03. The standard InChI is InChI=1S/C17H19BrClNO/c1-10-7-14(8-11(2)17(10)18)21-13-5-6-15(12(3)20-4)16(19)9-13/h5-9,12,20H,1-4H3. The van der Waals surface area contributed by atoms with Crippen molar-refractivity contribution in [3.8, 4) is 11.5 Å². The second-order valence-electron chi connectivity index (χ2n) is 5.17. The Bertz CT molecular complexity index is 634. The summed E-state index contributed by atoms with van der Waals surface area (Å²) >= 11 is 9.89. The van der Waals surface area contributed by atoms with Gasteiger partial charge in [0.05, 0.1) is 0 Å². The molecule has 1 unspecified atom stereocenters. The second-order valence-corrected chi connectivity index (χ2v) is 6.37. The van der Waals surface area contributed by atoms with Crippen LogP contribution in [0.5, 0.6) is 11.5 Å². The molecule has 0 aliphatic carbocycles. The third-order valence-electron chi connectivity index (χ3n) is 3.52. The molecule has 2 nitrogen and oxygen atoms in total. The molecule has 0 bridgehead atoms. The van der Waals surface area contributed by atoms with Gasteiger partial charge < -0.3 is 10.1 Å². The van der Waals surface area contributed by atoms with Crippen molar-refractivity contribution in [3.05, 3.63) is 56.5 Å². The lowest BCUT2D eigenvalue weighted by atomic mass is 10.1. The van der Waals surface area contributed by atoms with Crippen LogP contribution in [-0.4, -0.2) is 7.05 Å². The molecule has 0 saturated carbocycles. The fourth-order valence-electron chi connectivity index (χ4n) is 2.18. The number of hydrogen-bond donors (Lipinski definition) is 1. The Balaban J connectivity index is 2.26. The van der Waals surface area contributed by atoms with E-state index < -0.39 is 0 Å². The van der Waals surface area contributed by atoms with Gasteiger partial charge in [0.2, 0.25) is 0 Å². The highest BCUT2D eigenvalue weighted by atomic mass is 79.9. The van der Waals surface area contributed by atoms with E-state index in [0.717, 1.165) is 32.7 Å². The van der Waals surface area contributed by atoms with Gasteiger partial charge >= 0.3 is 0 Å². The van der Waals surface area contributed by atoms with Crippen molar-refractivity contribution in [2.24, 2.45) is 0 Å². The van der Waals surface area contributed by atoms with Crippen molar-refractivity contribution in [1.82, 2.24) is 5.32 Å². The van der Waals surface area contributed by atoms with Gasteiger partial charge in [0.15, 0.2) is 0 Å². The molecule has 1 N–H and O–H groups in total. The Labute approximate surface area is 139 Å². The zero-order valence-electron chi connectivity index (χ0n) is 12.6. The number of halogens is 2. The Kier molecular flexibility index (Phi) is 5.31. The number of ether oxygens (including phenoxy) is 1. The van der Waals surface area contributed by atoms with Crippen LogP contribution in [0.2, 0.25) is 5.02 Å². The molecule has 112 valence electrons. The summed E-state index contributed by atoms with van der Waals surface area (Å²) in [6, 6.07) is 10.0. The molecule has 2 aromatic rings. The molecular weight excluding hydrogens is 350 g/mol. The van der Waals surface area contributed by atoms with Gasteiger partial charge in [-0.25, -0.2) is 0 Å². The molecular formula is C17H19BrClNO. The van der Waals surface area contributed by atoms with Crippen LogP contribution in [0.15, 0.2) is 34.8 Å². The van der Waals surface area contributed by atoms with E-state index in [9.17, 15) is 0 Å². The van der Waals surface area contributed by atoms with Crippen molar-refractivity contribution in [2.75, 3.05) is 7.05 Å². The van der Waals surface area contributed by atoms with Crippen molar-refractivity contribution in [2.45, 2.75) is 26.8 Å². The van der Waals surface area contributed by atoms with Gasteiger partial charge in [0.25, 0.3) is 0 Å². The SMILES string of the molecule is CNC(C)c1ccc(Oc2cc(C)c(Br)c(C)c2)cc1Cl. The van der Waals surface area contributed by atoms with Crippen LogP contribution in [0.4, 0.5) is 0 Å². The van der Waals surface area contributed by atoms with E-state index in [-0.39, 0.29) is 6.04 Å². The summed E-state index contributed by atoms with van der Waals surface area (Å²) < 4.78 is 7.04. The first-order valence-electron chi connectivity index (χ1n) is 6.83. The first-order chi connectivity index (χ1) is 9.92. The quantitative estimate of drug-likeness (QED) is 0.737. The fraction of sp³-hybridized carbons (Fsp3) is 0.294. The third kappa shape index (κ3) is 3.79. The lowest BCUT2D eigenvalue weighted by molar-refractivity contribution is 0.481. The first-order valence-corrected chi connectivity index (χ1v) is 8.00. The summed E-state index contributed by atoms with van der Waals surface area (Å²) in [7, 11) is 1.92. The maximum absolute atomic E-state index is 6.33. The minimum atomic E-state index is 0.212. The van der Waals surface area contributed by atoms with Crippen molar-refractivity contribution >= 4 is 27.5 Å². The van der Waals surface area contributed by atoms with Gasteiger partial charge in [-0.2, -0.15) is 0 Å². The summed E-state index contributed by atoms with van der Waals surface area (Å²) in [6.45, 7) is 6.17. The summed E-state index contributed by atoms with van der Waals surface area (Å²) in [6.07, 6.45) is 0. The van der Waals surface area contributed by atoms with Crippen LogP contribution in [0.1, 0.15) is 29.7 Å². The van der Waals surface area contributed by atoms with Crippen LogP contribution in [-0.2, 0) is 0 Å². The smallest absolute Gasteiger partial charge is 0.128 e. The molecule has 0 aliphatic heterocycles. The van der Waals surface area contributed by atoms with Gasteiger partial charge in [0.1, 0.15) is 11.5 Å². The summed E-state index contributed by atoms with van der Waals surface area (Å²) in [4.78, 5) is 0. The zero-order chi connectivity index (χ0) is 15.6. The van der Waals surface area contributed by atoms with E-state index in [0.29, 0.717) is 5.02 Å². The minimum Gasteiger partial charge on any atom is -0.457 e. The summed E-state index contributed by atoms with van der Waals surface area (Å²) in [5, 5.41) is 3.89. The molecule has 0 spiro atoms. The van der Waals surface area contributed by atoms with Crippen molar-refractivity contribution in [3.63, 3.8) is 0 Å². The fourth-order valence-corrected chi connectivity index (χ4v) is 2.74. The first kappa shape index (κ1) is 16.3. The average molecular weight is 369 g/mol. The number of nitrogens with one attached hydrogen (secondary N) is 1. The molecule has 0 heterocycles. The molecule has 0 radical (unpaired) electrons. The molecule has 1 atom stereocenters. The molecule has 0 fully saturated rings. The highest BCUT2D eigenvalue weighted by Gasteiger charge is 2.10.